The predicted molar refractivity (Wildman–Crippen MR) is 127 cm³/mol. The number of hydrogen-bond acceptors (Lipinski definition) is 4. The molecule has 3 rings (SSSR count). The standard InChI is InChI=1S/C23H22Cl2N2O4S/c1-15-8-11-21(31-2)22(12-15)32(29,30)27-20(13-16-6-4-3-5-7-16)23(28)26-19-14-17(24)9-10-18(19)25/h3-12,14,20,27H,13H2,1-2H3,(H,26,28)/t20-/m1/s1. The summed E-state index contributed by atoms with van der Waals surface area (Å²) < 4.78 is 34.2. The molecule has 6 nitrogen and oxygen atoms in total. The second-order valence-electron chi connectivity index (χ2n) is 7.13. The van der Waals surface area contributed by atoms with E-state index < -0.39 is 22.0 Å². The fraction of sp³-hybridized carbons (Fsp3) is 0.174. The Kier molecular flexibility index (Phi) is 7.79. The number of hydrogen-bond donors (Lipinski definition) is 2. The van der Waals surface area contributed by atoms with Crippen molar-refractivity contribution in [1.29, 1.82) is 0 Å². The van der Waals surface area contributed by atoms with Crippen molar-refractivity contribution < 1.29 is 17.9 Å². The van der Waals surface area contributed by atoms with Crippen LogP contribution >= 0.6 is 23.2 Å². The number of rotatable bonds is 8. The Hall–Kier alpha value is -2.58. The van der Waals surface area contributed by atoms with Crippen LogP contribution in [0.25, 0.3) is 0 Å². The minimum Gasteiger partial charge on any atom is -0.495 e. The molecule has 0 unspecified atom stereocenters. The first-order valence-electron chi connectivity index (χ1n) is 9.66. The summed E-state index contributed by atoms with van der Waals surface area (Å²) >= 11 is 12.2. The van der Waals surface area contributed by atoms with Crippen LogP contribution in [0.5, 0.6) is 5.75 Å². The highest BCUT2D eigenvalue weighted by Crippen LogP contribution is 2.27. The molecule has 0 aliphatic rings. The molecule has 0 bridgehead atoms. The van der Waals surface area contributed by atoms with E-state index in [4.69, 9.17) is 27.9 Å². The van der Waals surface area contributed by atoms with E-state index in [-0.39, 0.29) is 27.8 Å². The summed E-state index contributed by atoms with van der Waals surface area (Å²) in [6.07, 6.45) is 0.123. The zero-order valence-corrected chi connectivity index (χ0v) is 19.8. The third-order valence-electron chi connectivity index (χ3n) is 4.69. The van der Waals surface area contributed by atoms with Gasteiger partial charge in [-0.1, -0.05) is 59.6 Å². The van der Waals surface area contributed by atoms with Gasteiger partial charge in [0.05, 0.1) is 17.8 Å². The number of carbonyl (C=O) groups is 1. The van der Waals surface area contributed by atoms with Crippen molar-refractivity contribution in [1.82, 2.24) is 4.72 Å². The topological polar surface area (TPSA) is 84.5 Å². The summed E-state index contributed by atoms with van der Waals surface area (Å²) in [5.41, 5.74) is 1.80. The first-order chi connectivity index (χ1) is 15.2. The number of ether oxygens (including phenoxy) is 1. The van der Waals surface area contributed by atoms with E-state index in [0.717, 1.165) is 11.1 Å². The summed E-state index contributed by atoms with van der Waals surface area (Å²) in [5, 5.41) is 3.34. The van der Waals surface area contributed by atoms with Crippen molar-refractivity contribution in [3.05, 3.63) is 87.9 Å². The van der Waals surface area contributed by atoms with Crippen LogP contribution in [0.2, 0.25) is 10.0 Å². The quantitative estimate of drug-likeness (QED) is 0.471. The number of methoxy groups -OCH3 is 1. The first-order valence-corrected chi connectivity index (χ1v) is 11.9. The molecule has 3 aromatic carbocycles. The van der Waals surface area contributed by atoms with E-state index in [1.807, 2.05) is 30.3 Å². The average molecular weight is 493 g/mol. The van der Waals surface area contributed by atoms with Gasteiger partial charge in [0, 0.05) is 5.02 Å². The lowest BCUT2D eigenvalue weighted by atomic mass is 10.1. The molecular formula is C23H22Cl2N2O4S. The van der Waals surface area contributed by atoms with Gasteiger partial charge in [-0.25, -0.2) is 8.42 Å². The van der Waals surface area contributed by atoms with Crippen molar-refractivity contribution in [2.75, 3.05) is 12.4 Å². The van der Waals surface area contributed by atoms with Crippen LogP contribution in [0, 0.1) is 6.92 Å². The Morgan fingerprint density at radius 3 is 2.44 bits per heavy atom. The molecule has 0 aliphatic heterocycles. The summed E-state index contributed by atoms with van der Waals surface area (Å²) in [6.45, 7) is 1.77. The second-order valence-corrected chi connectivity index (χ2v) is 9.66. The van der Waals surface area contributed by atoms with Gasteiger partial charge in [0.25, 0.3) is 0 Å². The lowest BCUT2D eigenvalue weighted by Crippen LogP contribution is -2.45. The zero-order chi connectivity index (χ0) is 23.3. The number of nitrogens with one attached hydrogen (secondary N) is 2. The van der Waals surface area contributed by atoms with Crippen molar-refractivity contribution in [2.24, 2.45) is 0 Å². The van der Waals surface area contributed by atoms with Gasteiger partial charge >= 0.3 is 0 Å². The maximum atomic E-state index is 13.2. The Morgan fingerprint density at radius 2 is 1.75 bits per heavy atom. The molecule has 3 aromatic rings. The molecule has 0 aliphatic carbocycles. The maximum absolute atomic E-state index is 13.2. The smallest absolute Gasteiger partial charge is 0.245 e. The monoisotopic (exact) mass is 492 g/mol. The van der Waals surface area contributed by atoms with Crippen molar-refractivity contribution >= 4 is 44.8 Å². The highest BCUT2D eigenvalue weighted by atomic mass is 35.5. The molecule has 0 radical (unpaired) electrons. The Labute approximate surface area is 197 Å². The average Bonchev–Trinajstić information content (AvgIpc) is 2.76. The van der Waals surface area contributed by atoms with Crippen LogP contribution < -0.4 is 14.8 Å². The minimum atomic E-state index is -4.10. The van der Waals surface area contributed by atoms with Crippen LogP contribution in [-0.2, 0) is 21.2 Å². The van der Waals surface area contributed by atoms with E-state index in [0.29, 0.717) is 5.02 Å². The number of anilines is 1. The summed E-state index contributed by atoms with van der Waals surface area (Å²) in [7, 11) is -2.71. The van der Waals surface area contributed by atoms with Gasteiger partial charge in [-0.3, -0.25) is 4.79 Å². The van der Waals surface area contributed by atoms with Crippen LogP contribution in [0.4, 0.5) is 5.69 Å². The molecule has 0 saturated carbocycles. The third kappa shape index (κ3) is 6.01. The van der Waals surface area contributed by atoms with Gasteiger partial charge in [0.2, 0.25) is 15.9 Å². The minimum absolute atomic E-state index is 0.0494. The van der Waals surface area contributed by atoms with Crippen LogP contribution in [0.15, 0.2) is 71.6 Å². The molecule has 32 heavy (non-hydrogen) atoms. The van der Waals surface area contributed by atoms with E-state index in [1.54, 1.807) is 31.2 Å². The van der Waals surface area contributed by atoms with E-state index in [9.17, 15) is 13.2 Å². The molecule has 0 heterocycles. The number of carbonyl (C=O) groups excluding carboxylic acids is 1. The number of benzene rings is 3. The number of sulfonamides is 1. The molecule has 0 spiro atoms. The molecule has 0 aromatic heterocycles. The lowest BCUT2D eigenvalue weighted by molar-refractivity contribution is -0.117. The van der Waals surface area contributed by atoms with Gasteiger partial charge in [-0.15, -0.1) is 0 Å². The molecule has 2 N–H and O–H groups in total. The second kappa shape index (κ2) is 10.4. The van der Waals surface area contributed by atoms with Gasteiger partial charge < -0.3 is 10.1 Å². The highest BCUT2D eigenvalue weighted by molar-refractivity contribution is 7.89. The first kappa shape index (κ1) is 24.1. The van der Waals surface area contributed by atoms with Crippen molar-refractivity contribution in [3.63, 3.8) is 0 Å². The highest BCUT2D eigenvalue weighted by Gasteiger charge is 2.29. The molecule has 9 heteroatoms. The maximum Gasteiger partial charge on any atom is 0.245 e. The third-order valence-corrected chi connectivity index (χ3v) is 6.75. The molecule has 0 fully saturated rings. The van der Waals surface area contributed by atoms with E-state index in [2.05, 4.69) is 10.0 Å². The SMILES string of the molecule is COc1ccc(C)cc1S(=O)(=O)N[C@H](Cc1ccccc1)C(=O)Nc1cc(Cl)ccc1Cl. The summed E-state index contributed by atoms with van der Waals surface area (Å²) in [4.78, 5) is 13.1. The molecule has 1 amide bonds. The van der Waals surface area contributed by atoms with Gasteiger partial charge in [-0.2, -0.15) is 4.72 Å². The molecule has 0 saturated heterocycles. The fourth-order valence-electron chi connectivity index (χ4n) is 3.10. The van der Waals surface area contributed by atoms with Crippen LogP contribution in [-0.4, -0.2) is 27.5 Å². The Bertz CT molecular complexity index is 1220. The van der Waals surface area contributed by atoms with Crippen molar-refractivity contribution in [3.8, 4) is 5.75 Å². The van der Waals surface area contributed by atoms with Gasteiger partial charge in [0.1, 0.15) is 16.7 Å². The number of amides is 1. The molecular weight excluding hydrogens is 471 g/mol. The van der Waals surface area contributed by atoms with Crippen molar-refractivity contribution in [2.45, 2.75) is 24.3 Å². The van der Waals surface area contributed by atoms with Crippen LogP contribution in [0.1, 0.15) is 11.1 Å². The molecule has 168 valence electrons. The van der Waals surface area contributed by atoms with E-state index >= 15 is 0 Å². The normalized spacial score (nSPS) is 12.2. The predicted octanol–water partition coefficient (Wildman–Crippen LogP) is 4.84. The zero-order valence-electron chi connectivity index (χ0n) is 17.4. The summed E-state index contributed by atoms with van der Waals surface area (Å²) in [6, 6.07) is 17.4. The largest absolute Gasteiger partial charge is 0.495 e. The van der Waals surface area contributed by atoms with Crippen LogP contribution in [0.3, 0.4) is 0 Å². The fourth-order valence-corrected chi connectivity index (χ4v) is 4.88. The Morgan fingerprint density at radius 1 is 1.03 bits per heavy atom. The summed E-state index contributed by atoms with van der Waals surface area (Å²) in [5.74, 6) is -0.395. The molecule has 1 atom stereocenters. The number of halogens is 2. The number of aryl methyl sites for hydroxylation is 1. The van der Waals surface area contributed by atoms with E-state index in [1.165, 1.54) is 19.2 Å². The Balaban J connectivity index is 1.95. The lowest BCUT2D eigenvalue weighted by Gasteiger charge is -2.20. The van der Waals surface area contributed by atoms with Gasteiger partial charge in [-0.05, 0) is 54.8 Å². The van der Waals surface area contributed by atoms with Gasteiger partial charge in [0.15, 0.2) is 0 Å².